The molecule has 2 fully saturated rings. The standard InChI is InChI=1S/C16H20N2O4/c1-17-6-12-8-18(9-13(12)7-17)15(20)10-3-11(16(21)22-2)5-14(19)4-10/h3-5,12-13,19H,6-9H2,1-2H3/t12-,13+. The molecule has 6 heteroatoms. The number of hydrogen-bond donors (Lipinski definition) is 1. The number of methoxy groups -OCH3 is 1. The Kier molecular flexibility index (Phi) is 3.78. The van der Waals surface area contributed by atoms with Crippen LogP contribution < -0.4 is 0 Å². The molecule has 0 radical (unpaired) electrons. The van der Waals surface area contributed by atoms with Gasteiger partial charge in [0.1, 0.15) is 5.75 Å². The number of carbonyl (C=O) groups excluding carboxylic acids is 2. The Labute approximate surface area is 129 Å². The fourth-order valence-corrected chi connectivity index (χ4v) is 3.55. The highest BCUT2D eigenvalue weighted by molar-refractivity contribution is 5.98. The number of rotatable bonds is 2. The summed E-state index contributed by atoms with van der Waals surface area (Å²) < 4.78 is 4.64. The van der Waals surface area contributed by atoms with E-state index in [2.05, 4.69) is 16.7 Å². The number of amides is 1. The van der Waals surface area contributed by atoms with Crippen LogP contribution in [0.4, 0.5) is 0 Å². The summed E-state index contributed by atoms with van der Waals surface area (Å²) in [5.74, 6) is 0.228. The average Bonchev–Trinajstić information content (AvgIpc) is 3.02. The number of carbonyl (C=O) groups is 2. The lowest BCUT2D eigenvalue weighted by atomic mass is 10.0. The molecule has 2 aliphatic rings. The number of fused-ring (bicyclic) bond motifs is 1. The van der Waals surface area contributed by atoms with E-state index in [0.29, 0.717) is 17.4 Å². The van der Waals surface area contributed by atoms with E-state index in [1.165, 1.54) is 25.3 Å². The maximum absolute atomic E-state index is 12.6. The fraction of sp³-hybridized carbons (Fsp3) is 0.500. The molecule has 0 bridgehead atoms. The number of hydrogen-bond acceptors (Lipinski definition) is 5. The molecule has 1 aromatic rings. The van der Waals surface area contributed by atoms with Crippen LogP contribution in [0.1, 0.15) is 20.7 Å². The van der Waals surface area contributed by atoms with Gasteiger partial charge in [0.05, 0.1) is 12.7 Å². The minimum Gasteiger partial charge on any atom is -0.508 e. The summed E-state index contributed by atoms with van der Waals surface area (Å²) in [6.07, 6.45) is 0. The molecule has 1 N–H and O–H groups in total. The predicted molar refractivity (Wildman–Crippen MR) is 79.8 cm³/mol. The van der Waals surface area contributed by atoms with Crippen LogP contribution in [0.15, 0.2) is 18.2 Å². The zero-order valence-electron chi connectivity index (χ0n) is 12.8. The van der Waals surface area contributed by atoms with Crippen molar-refractivity contribution in [3.05, 3.63) is 29.3 Å². The van der Waals surface area contributed by atoms with E-state index in [1.54, 1.807) is 0 Å². The molecule has 0 saturated carbocycles. The van der Waals surface area contributed by atoms with Gasteiger partial charge in [0.15, 0.2) is 0 Å². The van der Waals surface area contributed by atoms with Gasteiger partial charge in [-0.2, -0.15) is 0 Å². The van der Waals surface area contributed by atoms with E-state index < -0.39 is 5.97 Å². The largest absolute Gasteiger partial charge is 0.508 e. The number of phenols is 1. The van der Waals surface area contributed by atoms with E-state index in [0.717, 1.165) is 26.2 Å². The van der Waals surface area contributed by atoms with E-state index in [4.69, 9.17) is 0 Å². The van der Waals surface area contributed by atoms with Gasteiger partial charge in [-0.1, -0.05) is 0 Å². The van der Waals surface area contributed by atoms with Gasteiger partial charge in [-0.25, -0.2) is 4.79 Å². The Morgan fingerprint density at radius 2 is 1.68 bits per heavy atom. The molecule has 0 unspecified atom stereocenters. The van der Waals surface area contributed by atoms with Crippen LogP contribution in [0.3, 0.4) is 0 Å². The molecule has 2 saturated heterocycles. The average molecular weight is 304 g/mol. The van der Waals surface area contributed by atoms with Gasteiger partial charge < -0.3 is 19.6 Å². The predicted octanol–water partition coefficient (Wildman–Crippen LogP) is 0.812. The third kappa shape index (κ3) is 2.66. The van der Waals surface area contributed by atoms with Crippen LogP contribution >= 0.6 is 0 Å². The summed E-state index contributed by atoms with van der Waals surface area (Å²) >= 11 is 0. The highest BCUT2D eigenvalue weighted by atomic mass is 16.5. The first kappa shape index (κ1) is 14.8. The van der Waals surface area contributed by atoms with Crippen molar-refractivity contribution in [1.29, 1.82) is 0 Å². The Bertz CT molecular complexity index is 602. The maximum atomic E-state index is 12.6. The van der Waals surface area contributed by atoms with Crippen molar-refractivity contribution >= 4 is 11.9 Å². The second-order valence-corrected chi connectivity index (χ2v) is 6.21. The molecule has 0 aromatic heterocycles. The Hall–Kier alpha value is -2.08. The van der Waals surface area contributed by atoms with Gasteiger partial charge in [0.25, 0.3) is 5.91 Å². The normalized spacial score (nSPS) is 24.4. The summed E-state index contributed by atoms with van der Waals surface area (Å²) in [5.41, 5.74) is 0.513. The molecular formula is C16H20N2O4. The Morgan fingerprint density at radius 1 is 1.09 bits per heavy atom. The molecule has 2 atom stereocenters. The quantitative estimate of drug-likeness (QED) is 0.819. The van der Waals surface area contributed by atoms with Crippen molar-refractivity contribution in [2.45, 2.75) is 0 Å². The van der Waals surface area contributed by atoms with Gasteiger partial charge in [0, 0.05) is 31.7 Å². The zero-order valence-corrected chi connectivity index (χ0v) is 12.8. The van der Waals surface area contributed by atoms with Gasteiger partial charge in [-0.15, -0.1) is 0 Å². The number of likely N-dealkylation sites (tertiary alicyclic amines) is 2. The number of phenolic OH excluding ortho intramolecular Hbond substituents is 1. The third-order valence-corrected chi connectivity index (χ3v) is 4.54. The minimum atomic E-state index is -0.565. The summed E-state index contributed by atoms with van der Waals surface area (Å²) in [6, 6.07) is 4.18. The van der Waals surface area contributed by atoms with Crippen LogP contribution in [0.2, 0.25) is 0 Å². The molecule has 1 amide bonds. The molecule has 2 heterocycles. The maximum Gasteiger partial charge on any atom is 0.338 e. The molecule has 6 nitrogen and oxygen atoms in total. The molecule has 118 valence electrons. The third-order valence-electron chi connectivity index (χ3n) is 4.54. The monoisotopic (exact) mass is 304 g/mol. The summed E-state index contributed by atoms with van der Waals surface area (Å²) in [4.78, 5) is 28.3. The van der Waals surface area contributed by atoms with Crippen molar-refractivity contribution in [3.63, 3.8) is 0 Å². The van der Waals surface area contributed by atoms with E-state index in [-0.39, 0.29) is 17.2 Å². The van der Waals surface area contributed by atoms with Crippen LogP contribution in [-0.2, 0) is 4.74 Å². The second kappa shape index (κ2) is 5.61. The number of esters is 1. The van der Waals surface area contributed by atoms with Crippen molar-refractivity contribution in [2.75, 3.05) is 40.3 Å². The fourth-order valence-electron chi connectivity index (χ4n) is 3.55. The molecular weight excluding hydrogens is 284 g/mol. The SMILES string of the molecule is COC(=O)c1cc(O)cc(C(=O)N2C[C@H]3CN(C)C[C@H]3C2)c1. The molecule has 0 aliphatic carbocycles. The van der Waals surface area contributed by atoms with Crippen LogP contribution in [0.25, 0.3) is 0 Å². The van der Waals surface area contributed by atoms with Gasteiger partial charge in [-0.05, 0) is 37.1 Å². The smallest absolute Gasteiger partial charge is 0.338 e. The molecule has 2 aliphatic heterocycles. The molecule has 22 heavy (non-hydrogen) atoms. The lowest BCUT2D eigenvalue weighted by Crippen LogP contribution is -2.32. The lowest BCUT2D eigenvalue weighted by molar-refractivity contribution is 0.0600. The van der Waals surface area contributed by atoms with Crippen molar-refractivity contribution in [3.8, 4) is 5.75 Å². The summed E-state index contributed by atoms with van der Waals surface area (Å²) in [6.45, 7) is 3.50. The second-order valence-electron chi connectivity index (χ2n) is 6.21. The number of aromatic hydroxyl groups is 1. The van der Waals surface area contributed by atoms with Gasteiger partial charge >= 0.3 is 5.97 Å². The Morgan fingerprint density at radius 3 is 2.27 bits per heavy atom. The molecule has 3 rings (SSSR count). The van der Waals surface area contributed by atoms with Gasteiger partial charge in [-0.3, -0.25) is 4.79 Å². The van der Waals surface area contributed by atoms with E-state index in [1.807, 2.05) is 4.90 Å². The molecule has 1 aromatic carbocycles. The van der Waals surface area contributed by atoms with E-state index in [9.17, 15) is 14.7 Å². The zero-order chi connectivity index (χ0) is 15.9. The number of ether oxygens (including phenoxy) is 1. The van der Waals surface area contributed by atoms with Crippen LogP contribution in [0, 0.1) is 11.8 Å². The minimum absolute atomic E-state index is 0.106. The summed E-state index contributed by atoms with van der Waals surface area (Å²) in [7, 11) is 3.37. The summed E-state index contributed by atoms with van der Waals surface area (Å²) in [5, 5.41) is 9.74. The number of nitrogens with zero attached hydrogens (tertiary/aromatic N) is 2. The highest BCUT2D eigenvalue weighted by Gasteiger charge is 2.40. The van der Waals surface area contributed by atoms with Gasteiger partial charge in [0.2, 0.25) is 0 Å². The van der Waals surface area contributed by atoms with Crippen LogP contribution in [-0.4, -0.2) is 67.1 Å². The topological polar surface area (TPSA) is 70.1 Å². The van der Waals surface area contributed by atoms with Crippen molar-refractivity contribution < 1.29 is 19.4 Å². The number of benzene rings is 1. The molecule has 0 spiro atoms. The van der Waals surface area contributed by atoms with Crippen LogP contribution in [0.5, 0.6) is 5.75 Å². The first-order chi connectivity index (χ1) is 10.5. The lowest BCUT2D eigenvalue weighted by Gasteiger charge is -2.19. The first-order valence-corrected chi connectivity index (χ1v) is 7.38. The highest BCUT2D eigenvalue weighted by Crippen LogP contribution is 2.31. The van der Waals surface area contributed by atoms with E-state index >= 15 is 0 Å². The van der Waals surface area contributed by atoms with Crippen molar-refractivity contribution in [1.82, 2.24) is 9.80 Å². The Balaban J connectivity index is 1.78. The van der Waals surface area contributed by atoms with Crippen molar-refractivity contribution in [2.24, 2.45) is 11.8 Å². The first-order valence-electron chi connectivity index (χ1n) is 7.38.